The molecule has 132 valence electrons. The molecule has 2 rings (SSSR count). The van der Waals surface area contributed by atoms with Gasteiger partial charge in [-0.2, -0.15) is 0 Å². The Morgan fingerprint density at radius 1 is 1.20 bits per heavy atom. The van der Waals surface area contributed by atoms with Crippen LogP contribution in [0.25, 0.3) is 0 Å². The monoisotopic (exact) mass is 363 g/mol. The van der Waals surface area contributed by atoms with Crippen LogP contribution in [0.4, 0.5) is 0 Å². The van der Waals surface area contributed by atoms with Crippen molar-refractivity contribution < 1.29 is 24.2 Å². The van der Waals surface area contributed by atoms with Crippen LogP contribution in [0.1, 0.15) is 28.4 Å². The van der Waals surface area contributed by atoms with E-state index in [0.29, 0.717) is 22.8 Å². The van der Waals surface area contributed by atoms with E-state index in [1.807, 2.05) is 6.92 Å². The lowest BCUT2D eigenvalue weighted by Crippen LogP contribution is -2.16. The molecule has 0 atom stereocenters. The third kappa shape index (κ3) is 3.85. The molecule has 0 heterocycles. The summed E-state index contributed by atoms with van der Waals surface area (Å²) in [6.45, 7) is 1.93. The van der Waals surface area contributed by atoms with E-state index in [4.69, 9.17) is 25.8 Å². The van der Waals surface area contributed by atoms with Crippen LogP contribution in [-0.4, -0.2) is 31.3 Å². The molecule has 0 bridgehead atoms. The number of methoxy groups -OCH3 is 2. The minimum atomic E-state index is -0.687. The summed E-state index contributed by atoms with van der Waals surface area (Å²) in [4.78, 5) is 12.3. The van der Waals surface area contributed by atoms with Crippen molar-refractivity contribution >= 4 is 23.5 Å². The Morgan fingerprint density at radius 2 is 1.88 bits per heavy atom. The standard InChI is InChI=1S/C18H18ClNO5/c1-4-11-10-13(23-2)14(16(24-3)15(11)19)17(20-22)25-18(21)12-8-6-5-7-9-12/h5-10,22H,4H2,1-3H3. The van der Waals surface area contributed by atoms with E-state index in [1.165, 1.54) is 14.2 Å². The topological polar surface area (TPSA) is 77.4 Å². The van der Waals surface area contributed by atoms with Crippen molar-refractivity contribution in [2.45, 2.75) is 13.3 Å². The number of rotatable bonds is 5. The van der Waals surface area contributed by atoms with Gasteiger partial charge in [0.25, 0.3) is 5.90 Å². The van der Waals surface area contributed by atoms with E-state index in [-0.39, 0.29) is 17.2 Å². The average Bonchev–Trinajstić information content (AvgIpc) is 2.66. The maximum Gasteiger partial charge on any atom is 0.344 e. The molecular formula is C18H18ClNO5. The molecule has 0 fully saturated rings. The molecule has 2 aromatic carbocycles. The predicted octanol–water partition coefficient (Wildman–Crippen LogP) is 3.91. The quantitative estimate of drug-likeness (QED) is 0.286. The molecule has 0 aromatic heterocycles. The van der Waals surface area contributed by atoms with Crippen LogP contribution < -0.4 is 9.47 Å². The first-order chi connectivity index (χ1) is 12.1. The van der Waals surface area contributed by atoms with Gasteiger partial charge >= 0.3 is 5.97 Å². The molecular weight excluding hydrogens is 346 g/mol. The van der Waals surface area contributed by atoms with Gasteiger partial charge in [-0.3, -0.25) is 0 Å². The predicted molar refractivity (Wildman–Crippen MR) is 94.1 cm³/mol. The number of aryl methyl sites for hydroxylation is 1. The van der Waals surface area contributed by atoms with Crippen molar-refractivity contribution in [2.75, 3.05) is 14.2 Å². The summed E-state index contributed by atoms with van der Waals surface area (Å²) < 4.78 is 15.9. The SMILES string of the molecule is CCc1cc(OC)c(C(=NO)OC(=O)c2ccccc2)c(OC)c1Cl. The summed E-state index contributed by atoms with van der Waals surface area (Å²) in [7, 11) is 2.86. The minimum Gasteiger partial charge on any atom is -0.496 e. The second-order valence-electron chi connectivity index (χ2n) is 4.97. The Morgan fingerprint density at radius 3 is 2.40 bits per heavy atom. The molecule has 0 saturated carbocycles. The highest BCUT2D eigenvalue weighted by atomic mass is 35.5. The zero-order valence-electron chi connectivity index (χ0n) is 14.1. The average molecular weight is 364 g/mol. The van der Waals surface area contributed by atoms with Gasteiger partial charge < -0.3 is 19.4 Å². The number of oxime groups is 1. The Hall–Kier alpha value is -2.73. The number of carbonyl (C=O) groups is 1. The van der Waals surface area contributed by atoms with E-state index in [2.05, 4.69) is 5.16 Å². The molecule has 0 saturated heterocycles. The first-order valence-electron chi connectivity index (χ1n) is 7.50. The van der Waals surface area contributed by atoms with Crippen LogP contribution >= 0.6 is 11.6 Å². The number of nitrogens with zero attached hydrogens (tertiary/aromatic N) is 1. The summed E-state index contributed by atoms with van der Waals surface area (Å²) >= 11 is 6.34. The molecule has 0 radical (unpaired) electrons. The molecule has 2 aromatic rings. The zero-order valence-corrected chi connectivity index (χ0v) is 14.8. The molecule has 0 amide bonds. The number of ether oxygens (including phenoxy) is 3. The van der Waals surface area contributed by atoms with Crippen molar-refractivity contribution in [3.63, 3.8) is 0 Å². The van der Waals surface area contributed by atoms with Gasteiger partial charge in [-0.25, -0.2) is 4.79 Å². The maximum atomic E-state index is 12.3. The zero-order chi connectivity index (χ0) is 18.4. The summed E-state index contributed by atoms with van der Waals surface area (Å²) in [5, 5.41) is 12.8. The van der Waals surface area contributed by atoms with E-state index in [9.17, 15) is 10.0 Å². The van der Waals surface area contributed by atoms with Gasteiger partial charge in [0.1, 0.15) is 11.3 Å². The van der Waals surface area contributed by atoms with E-state index >= 15 is 0 Å². The van der Waals surface area contributed by atoms with Crippen molar-refractivity contribution in [2.24, 2.45) is 5.16 Å². The Balaban J connectivity index is 2.50. The number of benzene rings is 2. The molecule has 0 aliphatic carbocycles. The maximum absolute atomic E-state index is 12.3. The number of hydrogen-bond acceptors (Lipinski definition) is 6. The normalized spacial score (nSPS) is 11.1. The highest BCUT2D eigenvalue weighted by Crippen LogP contribution is 2.39. The molecule has 0 aliphatic rings. The van der Waals surface area contributed by atoms with Gasteiger partial charge in [-0.05, 0) is 35.3 Å². The summed E-state index contributed by atoms with van der Waals surface area (Å²) in [6.07, 6.45) is 0.640. The lowest BCUT2D eigenvalue weighted by molar-refractivity contribution is 0.0708. The molecule has 1 N–H and O–H groups in total. The van der Waals surface area contributed by atoms with Crippen LogP contribution in [0.15, 0.2) is 41.6 Å². The minimum absolute atomic E-state index is 0.152. The van der Waals surface area contributed by atoms with Gasteiger partial charge in [0.2, 0.25) is 0 Å². The van der Waals surface area contributed by atoms with Crippen molar-refractivity contribution in [3.05, 3.63) is 58.1 Å². The van der Waals surface area contributed by atoms with Crippen LogP contribution in [0.5, 0.6) is 11.5 Å². The Kier molecular flexibility index (Phi) is 6.25. The molecule has 6 nitrogen and oxygen atoms in total. The smallest absolute Gasteiger partial charge is 0.344 e. The number of halogens is 1. The Bertz CT molecular complexity index is 790. The largest absolute Gasteiger partial charge is 0.496 e. The summed E-state index contributed by atoms with van der Waals surface area (Å²) in [6, 6.07) is 10.0. The summed E-state index contributed by atoms with van der Waals surface area (Å²) in [5.41, 5.74) is 1.24. The molecule has 0 aliphatic heterocycles. The van der Waals surface area contributed by atoms with Gasteiger partial charge in [0.15, 0.2) is 5.75 Å². The molecule has 0 spiro atoms. The third-order valence-electron chi connectivity index (χ3n) is 3.57. The van der Waals surface area contributed by atoms with Crippen molar-refractivity contribution in [3.8, 4) is 11.5 Å². The molecule has 25 heavy (non-hydrogen) atoms. The number of hydrogen-bond donors (Lipinski definition) is 1. The van der Waals surface area contributed by atoms with E-state index < -0.39 is 5.97 Å². The lowest BCUT2D eigenvalue weighted by atomic mass is 10.1. The van der Waals surface area contributed by atoms with Gasteiger partial charge in [0.05, 0.1) is 24.8 Å². The highest BCUT2D eigenvalue weighted by Gasteiger charge is 2.26. The van der Waals surface area contributed by atoms with Crippen LogP contribution in [0.2, 0.25) is 5.02 Å². The van der Waals surface area contributed by atoms with Crippen LogP contribution in [0.3, 0.4) is 0 Å². The second kappa shape index (κ2) is 8.39. The fraction of sp³-hybridized carbons (Fsp3) is 0.222. The Labute approximate surface area is 150 Å². The fourth-order valence-electron chi connectivity index (χ4n) is 2.32. The third-order valence-corrected chi connectivity index (χ3v) is 3.98. The number of carbonyl (C=O) groups excluding carboxylic acids is 1. The summed E-state index contributed by atoms with van der Waals surface area (Å²) in [5.74, 6) is -0.543. The fourth-order valence-corrected chi connectivity index (χ4v) is 2.68. The van der Waals surface area contributed by atoms with E-state index in [0.717, 1.165) is 5.56 Å². The van der Waals surface area contributed by atoms with Crippen LogP contribution in [0, 0.1) is 0 Å². The molecule has 0 unspecified atom stereocenters. The van der Waals surface area contributed by atoms with E-state index in [1.54, 1.807) is 36.4 Å². The van der Waals surface area contributed by atoms with Crippen molar-refractivity contribution in [1.82, 2.24) is 0 Å². The second-order valence-corrected chi connectivity index (χ2v) is 5.35. The number of esters is 1. The first-order valence-corrected chi connectivity index (χ1v) is 7.88. The van der Waals surface area contributed by atoms with Crippen molar-refractivity contribution in [1.29, 1.82) is 0 Å². The van der Waals surface area contributed by atoms with Gasteiger partial charge in [-0.15, -0.1) is 0 Å². The van der Waals surface area contributed by atoms with Crippen LogP contribution in [-0.2, 0) is 11.2 Å². The highest BCUT2D eigenvalue weighted by molar-refractivity contribution is 6.33. The lowest BCUT2D eigenvalue weighted by Gasteiger charge is -2.17. The first kappa shape index (κ1) is 18.6. The van der Waals surface area contributed by atoms with Gasteiger partial charge in [0, 0.05) is 0 Å². The molecule has 7 heteroatoms. The van der Waals surface area contributed by atoms with Gasteiger partial charge in [-0.1, -0.05) is 36.7 Å².